The predicted octanol–water partition coefficient (Wildman–Crippen LogP) is 0.129. The van der Waals surface area contributed by atoms with Crippen LogP contribution in [0.2, 0.25) is 5.02 Å². The standard InChI is InChI=1S/C4H3ClN2O2/c5-3-2(8)1-6-7-4(3)9/h1H,(H2,7,8,9). The highest BCUT2D eigenvalue weighted by Crippen LogP contribution is 2.13. The van der Waals surface area contributed by atoms with Gasteiger partial charge in [0.15, 0.2) is 10.8 Å². The second kappa shape index (κ2) is 2.06. The van der Waals surface area contributed by atoms with Gasteiger partial charge in [-0.05, 0) is 0 Å². The van der Waals surface area contributed by atoms with Crippen molar-refractivity contribution in [2.45, 2.75) is 0 Å². The van der Waals surface area contributed by atoms with Gasteiger partial charge in [0.1, 0.15) is 0 Å². The number of halogens is 1. The molecule has 4 nitrogen and oxygen atoms in total. The number of aromatic amines is 1. The lowest BCUT2D eigenvalue weighted by molar-refractivity contribution is 0.470. The van der Waals surface area contributed by atoms with Gasteiger partial charge in [-0.2, -0.15) is 5.10 Å². The quantitative estimate of drug-likeness (QED) is 0.547. The van der Waals surface area contributed by atoms with Crippen LogP contribution in [0.3, 0.4) is 0 Å². The summed E-state index contributed by atoms with van der Waals surface area (Å²) in [5.41, 5.74) is -0.586. The van der Waals surface area contributed by atoms with E-state index in [-0.39, 0.29) is 10.8 Å². The molecule has 0 aliphatic heterocycles. The first-order valence-electron chi connectivity index (χ1n) is 2.14. The van der Waals surface area contributed by atoms with Crippen molar-refractivity contribution in [1.82, 2.24) is 10.2 Å². The Kier molecular flexibility index (Phi) is 1.40. The molecule has 0 aliphatic rings. The van der Waals surface area contributed by atoms with Gasteiger partial charge in [-0.25, -0.2) is 5.10 Å². The van der Waals surface area contributed by atoms with Crippen molar-refractivity contribution in [1.29, 1.82) is 0 Å². The van der Waals surface area contributed by atoms with E-state index in [0.717, 1.165) is 6.20 Å². The summed E-state index contributed by atoms with van der Waals surface area (Å²) in [4.78, 5) is 10.4. The first-order chi connectivity index (χ1) is 4.22. The van der Waals surface area contributed by atoms with Crippen LogP contribution in [-0.2, 0) is 0 Å². The number of aromatic nitrogens is 2. The van der Waals surface area contributed by atoms with Gasteiger partial charge in [0.2, 0.25) is 0 Å². The monoisotopic (exact) mass is 146 g/mol. The van der Waals surface area contributed by atoms with Crippen LogP contribution in [-0.4, -0.2) is 15.3 Å². The molecular formula is C4H3ClN2O2. The summed E-state index contributed by atoms with van der Waals surface area (Å²) >= 11 is 5.24. The molecule has 48 valence electrons. The molecule has 0 aliphatic carbocycles. The molecular weight excluding hydrogens is 144 g/mol. The highest BCUT2D eigenvalue weighted by atomic mass is 35.5. The third-order valence-electron chi connectivity index (χ3n) is 0.777. The Bertz CT molecular complexity index is 270. The molecule has 0 spiro atoms. The van der Waals surface area contributed by atoms with Crippen LogP contribution in [0.25, 0.3) is 0 Å². The number of nitrogens with one attached hydrogen (secondary N) is 1. The molecule has 5 heteroatoms. The zero-order chi connectivity index (χ0) is 6.85. The number of aromatic hydroxyl groups is 1. The Morgan fingerprint density at radius 1 is 1.78 bits per heavy atom. The minimum absolute atomic E-state index is 0.231. The molecule has 0 unspecified atom stereocenters. The minimum Gasteiger partial charge on any atom is -0.505 e. The molecule has 0 bridgehead atoms. The van der Waals surface area contributed by atoms with Crippen LogP contribution in [0.5, 0.6) is 5.75 Å². The average molecular weight is 147 g/mol. The Balaban J connectivity index is 3.43. The molecule has 0 fully saturated rings. The minimum atomic E-state index is -0.586. The second-order valence-electron chi connectivity index (χ2n) is 1.40. The highest BCUT2D eigenvalue weighted by Gasteiger charge is 1.99. The van der Waals surface area contributed by atoms with Gasteiger partial charge < -0.3 is 5.11 Å². The van der Waals surface area contributed by atoms with Gasteiger partial charge >= 0.3 is 0 Å². The molecule has 2 N–H and O–H groups in total. The van der Waals surface area contributed by atoms with Crippen LogP contribution < -0.4 is 5.56 Å². The fourth-order valence-electron chi connectivity index (χ4n) is 0.374. The van der Waals surface area contributed by atoms with E-state index in [2.05, 4.69) is 5.10 Å². The third-order valence-corrected chi connectivity index (χ3v) is 1.14. The zero-order valence-electron chi connectivity index (χ0n) is 4.26. The summed E-state index contributed by atoms with van der Waals surface area (Å²) < 4.78 is 0. The summed E-state index contributed by atoms with van der Waals surface area (Å²) in [5, 5.41) is 13.8. The molecule has 0 saturated carbocycles. The molecule has 0 saturated heterocycles. The summed E-state index contributed by atoms with van der Waals surface area (Å²) in [5.74, 6) is -0.305. The summed E-state index contributed by atoms with van der Waals surface area (Å²) in [6.07, 6.45) is 1.06. The number of H-pyrrole nitrogens is 1. The van der Waals surface area contributed by atoms with Crippen molar-refractivity contribution in [2.75, 3.05) is 0 Å². The molecule has 1 aromatic rings. The lowest BCUT2D eigenvalue weighted by atomic mass is 10.5. The topological polar surface area (TPSA) is 66.0 Å². The normalized spacial score (nSPS) is 9.44. The number of hydrogen-bond donors (Lipinski definition) is 2. The van der Waals surface area contributed by atoms with E-state index in [0.29, 0.717) is 0 Å². The number of rotatable bonds is 0. The Labute approximate surface area is 55.1 Å². The Morgan fingerprint density at radius 2 is 2.44 bits per heavy atom. The Hall–Kier alpha value is -1.03. The maximum atomic E-state index is 10.4. The highest BCUT2D eigenvalue weighted by molar-refractivity contribution is 6.31. The van der Waals surface area contributed by atoms with Gasteiger partial charge in [-0.15, -0.1) is 0 Å². The van der Waals surface area contributed by atoms with E-state index in [1.165, 1.54) is 0 Å². The lowest BCUT2D eigenvalue weighted by Crippen LogP contribution is -2.06. The maximum absolute atomic E-state index is 10.4. The maximum Gasteiger partial charge on any atom is 0.286 e. The zero-order valence-corrected chi connectivity index (χ0v) is 5.01. The van der Waals surface area contributed by atoms with Gasteiger partial charge in [-0.3, -0.25) is 4.79 Å². The van der Waals surface area contributed by atoms with Gasteiger partial charge in [0.05, 0.1) is 6.20 Å². The van der Waals surface area contributed by atoms with Crippen LogP contribution in [0, 0.1) is 0 Å². The molecule has 1 aromatic heterocycles. The SMILES string of the molecule is O=c1[nH]ncc(O)c1Cl. The van der Waals surface area contributed by atoms with Crippen molar-refractivity contribution in [3.05, 3.63) is 21.6 Å². The smallest absolute Gasteiger partial charge is 0.286 e. The largest absolute Gasteiger partial charge is 0.505 e. The first-order valence-corrected chi connectivity index (χ1v) is 2.52. The van der Waals surface area contributed by atoms with Crippen LogP contribution in [0.4, 0.5) is 0 Å². The fraction of sp³-hybridized carbons (Fsp3) is 0. The van der Waals surface area contributed by atoms with E-state index in [1.54, 1.807) is 0 Å². The summed E-state index contributed by atoms with van der Waals surface area (Å²) in [7, 11) is 0. The second-order valence-corrected chi connectivity index (χ2v) is 1.78. The third kappa shape index (κ3) is 1.02. The average Bonchev–Trinajstić information content (AvgIpc) is 1.83. The van der Waals surface area contributed by atoms with Crippen molar-refractivity contribution >= 4 is 11.6 Å². The Morgan fingerprint density at radius 3 is 2.89 bits per heavy atom. The molecule has 9 heavy (non-hydrogen) atoms. The van der Waals surface area contributed by atoms with E-state index >= 15 is 0 Å². The van der Waals surface area contributed by atoms with Gasteiger partial charge in [0, 0.05) is 0 Å². The predicted molar refractivity (Wildman–Crippen MR) is 31.5 cm³/mol. The van der Waals surface area contributed by atoms with Crippen LogP contribution in [0.1, 0.15) is 0 Å². The first kappa shape index (κ1) is 6.10. The van der Waals surface area contributed by atoms with E-state index < -0.39 is 5.56 Å². The van der Waals surface area contributed by atoms with Gasteiger partial charge in [0.25, 0.3) is 5.56 Å². The summed E-state index contributed by atoms with van der Waals surface area (Å²) in [6, 6.07) is 0. The van der Waals surface area contributed by atoms with Crippen molar-refractivity contribution in [3.8, 4) is 5.75 Å². The lowest BCUT2D eigenvalue weighted by Gasteiger charge is -1.88. The van der Waals surface area contributed by atoms with Crippen molar-refractivity contribution < 1.29 is 5.11 Å². The summed E-state index contributed by atoms with van der Waals surface area (Å²) in [6.45, 7) is 0. The van der Waals surface area contributed by atoms with Gasteiger partial charge in [-0.1, -0.05) is 11.6 Å². The molecule has 0 aromatic carbocycles. The molecule has 0 radical (unpaired) electrons. The van der Waals surface area contributed by atoms with Crippen LogP contribution >= 0.6 is 11.6 Å². The van der Waals surface area contributed by atoms with E-state index in [1.807, 2.05) is 5.10 Å². The van der Waals surface area contributed by atoms with E-state index in [4.69, 9.17) is 16.7 Å². The fourth-order valence-corrected chi connectivity index (χ4v) is 0.465. The number of hydrogen-bond acceptors (Lipinski definition) is 3. The van der Waals surface area contributed by atoms with E-state index in [9.17, 15) is 4.79 Å². The van der Waals surface area contributed by atoms with Crippen molar-refractivity contribution in [3.63, 3.8) is 0 Å². The van der Waals surface area contributed by atoms with Crippen molar-refractivity contribution in [2.24, 2.45) is 0 Å². The molecule has 1 rings (SSSR count). The van der Waals surface area contributed by atoms with Crippen LogP contribution in [0.15, 0.2) is 11.0 Å². The molecule has 1 heterocycles. The molecule has 0 atom stereocenters. The molecule has 0 amide bonds. The number of nitrogens with zero attached hydrogens (tertiary/aromatic N) is 1.